The van der Waals surface area contributed by atoms with Gasteiger partial charge >= 0.3 is 0 Å². The smallest absolute Gasteiger partial charge is 0.152 e. The van der Waals surface area contributed by atoms with Crippen molar-refractivity contribution in [3.63, 3.8) is 0 Å². The van der Waals surface area contributed by atoms with E-state index >= 15 is 0 Å². The first-order valence-electron chi connectivity index (χ1n) is 12.0. The molecule has 0 atom stereocenters. The molecule has 0 N–H and O–H groups in total. The molecule has 3 nitrogen and oxygen atoms in total. The summed E-state index contributed by atoms with van der Waals surface area (Å²) < 4.78 is 24.4. The highest BCUT2D eigenvalue weighted by molar-refractivity contribution is 7.91. The predicted molar refractivity (Wildman–Crippen MR) is 130 cm³/mol. The Labute approximate surface area is 188 Å². The van der Waals surface area contributed by atoms with Crippen molar-refractivity contribution in [2.24, 2.45) is 11.8 Å². The van der Waals surface area contributed by atoms with Gasteiger partial charge in [0.1, 0.15) is 0 Å². The molecule has 2 aromatic carbocycles. The Balaban J connectivity index is 1.24. The summed E-state index contributed by atoms with van der Waals surface area (Å²) in [7, 11) is -2.90. The van der Waals surface area contributed by atoms with Crippen LogP contribution in [0.2, 0.25) is 0 Å². The summed E-state index contributed by atoms with van der Waals surface area (Å²) in [5.41, 5.74) is 5.69. The highest BCUT2D eigenvalue weighted by Crippen LogP contribution is 2.33. The molecule has 4 heteroatoms. The van der Waals surface area contributed by atoms with E-state index < -0.39 is 9.84 Å². The van der Waals surface area contributed by atoms with E-state index in [0.717, 1.165) is 44.7 Å². The lowest BCUT2D eigenvalue weighted by Gasteiger charge is -2.31. The summed E-state index contributed by atoms with van der Waals surface area (Å²) in [6.07, 6.45) is 7.99. The monoisotopic (exact) mass is 439 g/mol. The number of hydrogen-bond acceptors (Lipinski definition) is 3. The molecule has 0 bridgehead atoms. The summed E-state index contributed by atoms with van der Waals surface area (Å²) in [6.45, 7) is 5.70. The van der Waals surface area contributed by atoms with Crippen LogP contribution in [0.1, 0.15) is 62.6 Å². The van der Waals surface area contributed by atoms with Crippen molar-refractivity contribution in [2.45, 2.75) is 70.6 Å². The average molecular weight is 440 g/mol. The van der Waals surface area contributed by atoms with Gasteiger partial charge in [-0.15, -0.1) is 0 Å². The molecule has 168 valence electrons. The van der Waals surface area contributed by atoms with E-state index in [1.807, 2.05) is 0 Å². The van der Waals surface area contributed by atoms with Gasteiger partial charge in [0.05, 0.1) is 11.0 Å². The van der Waals surface area contributed by atoms with Crippen LogP contribution in [0.25, 0.3) is 0 Å². The second-order valence-corrected chi connectivity index (χ2v) is 12.5. The Morgan fingerprint density at radius 2 is 1.55 bits per heavy atom. The van der Waals surface area contributed by atoms with Crippen LogP contribution in [0.4, 0.5) is 5.69 Å². The fourth-order valence-corrected chi connectivity index (χ4v) is 6.54. The summed E-state index contributed by atoms with van der Waals surface area (Å²) in [5.74, 6) is 1.51. The van der Waals surface area contributed by atoms with Crippen molar-refractivity contribution in [1.29, 1.82) is 0 Å². The number of rotatable bonds is 7. The fourth-order valence-electron chi connectivity index (χ4n) is 5.17. The third kappa shape index (κ3) is 5.71. The lowest BCUT2D eigenvalue weighted by atomic mass is 9.80. The zero-order valence-electron chi connectivity index (χ0n) is 19.1. The van der Waals surface area contributed by atoms with Crippen LogP contribution >= 0.6 is 0 Å². The van der Waals surface area contributed by atoms with Gasteiger partial charge in [-0.1, -0.05) is 49.2 Å². The number of hydrogen-bond donors (Lipinski definition) is 0. The Morgan fingerprint density at radius 1 is 0.903 bits per heavy atom. The third-order valence-corrected chi connectivity index (χ3v) is 9.80. The molecule has 0 unspecified atom stereocenters. The van der Waals surface area contributed by atoms with Crippen molar-refractivity contribution >= 4 is 15.5 Å². The van der Waals surface area contributed by atoms with Crippen molar-refractivity contribution < 1.29 is 8.42 Å². The molecule has 1 aliphatic heterocycles. The first-order chi connectivity index (χ1) is 14.9. The van der Waals surface area contributed by atoms with Crippen molar-refractivity contribution in [2.75, 3.05) is 17.2 Å². The molecule has 0 spiro atoms. The maximum absolute atomic E-state index is 12.2. The van der Waals surface area contributed by atoms with E-state index in [-0.39, 0.29) is 5.25 Å². The minimum Gasteiger partial charge on any atom is -0.367 e. The molecule has 2 aliphatic rings. The Morgan fingerprint density at radius 3 is 2.23 bits per heavy atom. The summed E-state index contributed by atoms with van der Waals surface area (Å²) in [5, 5.41) is -0.243. The molecular weight excluding hydrogens is 402 g/mol. The topological polar surface area (TPSA) is 37.4 Å². The SMILES string of the molecule is CC(C)S(=O)(=O)CC1CCC(CCc2ccc(N3CCc4ccccc4C3)cc2)CC1. The van der Waals surface area contributed by atoms with E-state index in [2.05, 4.69) is 53.4 Å². The third-order valence-electron chi connectivity index (χ3n) is 7.43. The summed E-state index contributed by atoms with van der Waals surface area (Å²) in [6, 6.07) is 18.0. The van der Waals surface area contributed by atoms with Gasteiger partial charge in [0.15, 0.2) is 9.84 Å². The van der Waals surface area contributed by atoms with Crippen LogP contribution in [0.3, 0.4) is 0 Å². The lowest BCUT2D eigenvalue weighted by Crippen LogP contribution is -2.30. The van der Waals surface area contributed by atoms with Crippen LogP contribution in [0, 0.1) is 11.8 Å². The minimum absolute atomic E-state index is 0.243. The number of aryl methyl sites for hydroxylation is 1. The normalized spacial score (nSPS) is 21.8. The first-order valence-corrected chi connectivity index (χ1v) is 13.7. The van der Waals surface area contributed by atoms with Gasteiger partial charge in [0.25, 0.3) is 0 Å². The van der Waals surface area contributed by atoms with Crippen molar-refractivity contribution in [1.82, 2.24) is 0 Å². The number of fused-ring (bicyclic) bond motifs is 1. The molecule has 0 saturated heterocycles. The second-order valence-electron chi connectivity index (χ2n) is 9.91. The zero-order valence-corrected chi connectivity index (χ0v) is 19.9. The van der Waals surface area contributed by atoms with E-state index in [0.29, 0.717) is 11.7 Å². The maximum Gasteiger partial charge on any atom is 0.152 e. The number of anilines is 1. The Kier molecular flexibility index (Phi) is 7.05. The first kappa shape index (κ1) is 22.4. The molecule has 0 amide bonds. The van der Waals surface area contributed by atoms with Crippen LogP contribution in [0.15, 0.2) is 48.5 Å². The second kappa shape index (κ2) is 9.77. The standard InChI is InChI=1S/C27H37NO2S/c1-21(2)31(29,30)20-24-11-9-22(10-12-24)7-8-23-13-15-27(16-14-23)28-18-17-25-5-3-4-6-26(25)19-28/h3-6,13-16,21-22,24H,7-12,17-20H2,1-2H3. The highest BCUT2D eigenvalue weighted by Gasteiger charge is 2.27. The van der Waals surface area contributed by atoms with Gasteiger partial charge in [-0.25, -0.2) is 8.42 Å². The molecule has 1 aliphatic carbocycles. The number of sulfone groups is 1. The molecule has 1 saturated carbocycles. The maximum atomic E-state index is 12.2. The van der Waals surface area contributed by atoms with Crippen molar-refractivity contribution in [3.05, 3.63) is 65.2 Å². The molecule has 31 heavy (non-hydrogen) atoms. The largest absolute Gasteiger partial charge is 0.367 e. The molecule has 4 rings (SSSR count). The van der Waals surface area contributed by atoms with Crippen LogP contribution in [-0.4, -0.2) is 26.0 Å². The summed E-state index contributed by atoms with van der Waals surface area (Å²) in [4.78, 5) is 2.48. The van der Waals surface area contributed by atoms with Gasteiger partial charge in [-0.05, 0) is 86.6 Å². The van der Waals surface area contributed by atoms with Gasteiger partial charge in [-0.2, -0.15) is 0 Å². The average Bonchev–Trinajstić information content (AvgIpc) is 2.78. The van der Waals surface area contributed by atoms with E-state index in [4.69, 9.17) is 0 Å². The lowest BCUT2D eigenvalue weighted by molar-refractivity contribution is 0.278. The van der Waals surface area contributed by atoms with Crippen LogP contribution < -0.4 is 4.90 Å². The number of benzene rings is 2. The van der Waals surface area contributed by atoms with Crippen LogP contribution in [0.5, 0.6) is 0 Å². The Bertz CT molecular complexity index is 957. The quantitative estimate of drug-likeness (QED) is 0.546. The molecule has 1 heterocycles. The molecule has 2 aromatic rings. The number of nitrogens with zero attached hydrogens (tertiary/aromatic N) is 1. The highest BCUT2D eigenvalue weighted by atomic mass is 32.2. The summed E-state index contributed by atoms with van der Waals surface area (Å²) >= 11 is 0. The molecule has 0 aromatic heterocycles. The zero-order chi connectivity index (χ0) is 21.8. The molecular formula is C27H37NO2S. The van der Waals surface area contributed by atoms with Gasteiger partial charge < -0.3 is 4.90 Å². The van der Waals surface area contributed by atoms with E-state index in [1.54, 1.807) is 13.8 Å². The van der Waals surface area contributed by atoms with E-state index in [9.17, 15) is 8.42 Å². The molecule has 0 radical (unpaired) electrons. The Hall–Kier alpha value is -1.81. The predicted octanol–water partition coefficient (Wildman–Crippen LogP) is 5.81. The van der Waals surface area contributed by atoms with Gasteiger partial charge in [0, 0.05) is 18.8 Å². The van der Waals surface area contributed by atoms with Gasteiger partial charge in [-0.3, -0.25) is 0 Å². The molecule has 1 fully saturated rings. The van der Waals surface area contributed by atoms with Crippen LogP contribution in [-0.2, 0) is 29.2 Å². The van der Waals surface area contributed by atoms with E-state index in [1.165, 1.54) is 41.6 Å². The van der Waals surface area contributed by atoms with Gasteiger partial charge in [0.2, 0.25) is 0 Å². The minimum atomic E-state index is -2.90. The fraction of sp³-hybridized carbons (Fsp3) is 0.556. The van der Waals surface area contributed by atoms with Crippen molar-refractivity contribution in [3.8, 4) is 0 Å².